The molecule has 2 aromatic heterocycles. The second-order valence-corrected chi connectivity index (χ2v) is 7.26. The summed E-state index contributed by atoms with van der Waals surface area (Å²) < 4.78 is 33.2. The molecule has 0 radical (unpaired) electrons. The molecule has 1 aliphatic rings. The normalized spacial score (nSPS) is 13.7. The first-order valence-electron chi connectivity index (χ1n) is 9.35. The van der Waals surface area contributed by atoms with Crippen molar-refractivity contribution in [1.29, 1.82) is 0 Å². The molecule has 6 nitrogen and oxygen atoms in total. The minimum Gasteiger partial charge on any atom is -0.477 e. The quantitative estimate of drug-likeness (QED) is 0.551. The molecular formula is C22H15F2N3O3. The highest BCUT2D eigenvalue weighted by Gasteiger charge is 2.30. The zero-order chi connectivity index (χ0) is 21.0. The van der Waals surface area contributed by atoms with Crippen molar-refractivity contribution in [2.24, 2.45) is 0 Å². The Morgan fingerprint density at radius 3 is 2.53 bits per heavy atom. The van der Waals surface area contributed by atoms with E-state index >= 15 is 4.39 Å². The Hall–Kier alpha value is -3.81. The maximum atomic E-state index is 15.6. The van der Waals surface area contributed by atoms with Crippen molar-refractivity contribution in [3.63, 3.8) is 0 Å². The van der Waals surface area contributed by atoms with Crippen LogP contribution in [-0.4, -0.2) is 25.2 Å². The largest absolute Gasteiger partial charge is 0.477 e. The Balaban J connectivity index is 1.76. The van der Waals surface area contributed by atoms with Gasteiger partial charge in [-0.2, -0.15) is 0 Å². The Kier molecular flexibility index (Phi) is 4.02. The average molecular weight is 407 g/mol. The number of pyridine rings is 1. The molecule has 4 aromatic rings. The van der Waals surface area contributed by atoms with E-state index in [1.807, 2.05) is 30.3 Å². The number of halogens is 2. The molecular weight excluding hydrogens is 392 g/mol. The molecule has 0 amide bonds. The van der Waals surface area contributed by atoms with Gasteiger partial charge in [0.25, 0.3) is 0 Å². The van der Waals surface area contributed by atoms with E-state index in [9.17, 15) is 19.1 Å². The molecule has 1 fully saturated rings. The summed E-state index contributed by atoms with van der Waals surface area (Å²) in [4.78, 5) is 28.2. The summed E-state index contributed by atoms with van der Waals surface area (Å²) in [6, 6.07) is 9.96. The van der Waals surface area contributed by atoms with Crippen LogP contribution >= 0.6 is 0 Å². The van der Waals surface area contributed by atoms with Gasteiger partial charge in [-0.25, -0.2) is 18.6 Å². The summed E-state index contributed by atoms with van der Waals surface area (Å²) in [6.07, 6.45) is 5.42. The van der Waals surface area contributed by atoms with E-state index in [1.54, 1.807) is 0 Å². The standard InChI is InChI=1S/C22H15F2N3O3/c23-16-8-14-19(27(13-6-7-13)9-15(21(14)28)22(29)30)18(24)20(16)26-10-17(25-11-26)12-4-2-1-3-5-12/h1-5,8-11,13H,6-7H2,(H,29,30). The Labute approximate surface area is 168 Å². The van der Waals surface area contributed by atoms with Gasteiger partial charge in [-0.1, -0.05) is 30.3 Å². The molecule has 0 atom stereocenters. The van der Waals surface area contributed by atoms with Crippen molar-refractivity contribution in [2.45, 2.75) is 18.9 Å². The smallest absolute Gasteiger partial charge is 0.341 e. The zero-order valence-corrected chi connectivity index (χ0v) is 15.5. The van der Waals surface area contributed by atoms with E-state index in [2.05, 4.69) is 4.98 Å². The van der Waals surface area contributed by atoms with Gasteiger partial charge in [0.05, 0.1) is 16.6 Å². The molecule has 2 heterocycles. The minimum absolute atomic E-state index is 0.0983. The summed E-state index contributed by atoms with van der Waals surface area (Å²) in [5.41, 5.74) is -0.550. The van der Waals surface area contributed by atoms with Crippen molar-refractivity contribution < 1.29 is 18.7 Å². The van der Waals surface area contributed by atoms with Crippen molar-refractivity contribution in [2.75, 3.05) is 0 Å². The van der Waals surface area contributed by atoms with Crippen LogP contribution in [0.3, 0.4) is 0 Å². The Morgan fingerprint density at radius 2 is 1.87 bits per heavy atom. The zero-order valence-electron chi connectivity index (χ0n) is 15.5. The van der Waals surface area contributed by atoms with Crippen LogP contribution in [0.1, 0.15) is 29.2 Å². The number of carbonyl (C=O) groups is 1. The van der Waals surface area contributed by atoms with Crippen molar-refractivity contribution >= 4 is 16.9 Å². The third-order valence-corrected chi connectivity index (χ3v) is 5.26. The molecule has 1 saturated carbocycles. The van der Waals surface area contributed by atoms with Crippen LogP contribution in [0.4, 0.5) is 8.78 Å². The number of nitrogens with zero attached hydrogens (tertiary/aromatic N) is 3. The minimum atomic E-state index is -1.43. The molecule has 0 bridgehead atoms. The van der Waals surface area contributed by atoms with E-state index < -0.39 is 28.6 Å². The molecule has 30 heavy (non-hydrogen) atoms. The van der Waals surface area contributed by atoms with Gasteiger partial charge in [0.2, 0.25) is 5.43 Å². The number of hydrogen-bond acceptors (Lipinski definition) is 3. The lowest BCUT2D eigenvalue weighted by molar-refractivity contribution is 0.0695. The Morgan fingerprint density at radius 1 is 1.13 bits per heavy atom. The van der Waals surface area contributed by atoms with E-state index in [0.717, 1.165) is 30.7 Å². The highest BCUT2D eigenvalue weighted by atomic mass is 19.1. The molecule has 8 heteroatoms. The summed E-state index contributed by atoms with van der Waals surface area (Å²) >= 11 is 0. The molecule has 0 aliphatic heterocycles. The topological polar surface area (TPSA) is 77.1 Å². The summed E-state index contributed by atoms with van der Waals surface area (Å²) in [5, 5.41) is 9.03. The fraction of sp³-hybridized carbons (Fsp3) is 0.136. The molecule has 0 spiro atoms. The van der Waals surface area contributed by atoms with E-state index in [1.165, 1.54) is 21.7 Å². The van der Waals surface area contributed by atoms with Gasteiger partial charge >= 0.3 is 5.97 Å². The van der Waals surface area contributed by atoms with Crippen LogP contribution in [0.2, 0.25) is 0 Å². The number of benzene rings is 2. The maximum absolute atomic E-state index is 15.6. The van der Waals surface area contributed by atoms with Crippen molar-refractivity contribution in [3.05, 3.63) is 82.5 Å². The summed E-state index contributed by atoms with van der Waals surface area (Å²) in [5.74, 6) is -3.33. The van der Waals surface area contributed by atoms with Gasteiger partial charge in [-0.15, -0.1) is 0 Å². The van der Waals surface area contributed by atoms with Crippen molar-refractivity contribution in [1.82, 2.24) is 14.1 Å². The molecule has 150 valence electrons. The number of carboxylic acids is 1. The number of aromatic carboxylic acids is 1. The number of imidazole rings is 1. The molecule has 1 aliphatic carbocycles. The lowest BCUT2D eigenvalue weighted by Crippen LogP contribution is -2.20. The van der Waals surface area contributed by atoms with Gasteiger partial charge < -0.3 is 14.2 Å². The predicted octanol–water partition coefficient (Wildman–Crippen LogP) is 4.17. The number of rotatable bonds is 4. The van der Waals surface area contributed by atoms with E-state index in [4.69, 9.17) is 0 Å². The lowest BCUT2D eigenvalue weighted by Gasteiger charge is -2.15. The third-order valence-electron chi connectivity index (χ3n) is 5.26. The molecule has 2 aromatic carbocycles. The van der Waals surface area contributed by atoms with Crippen molar-refractivity contribution in [3.8, 4) is 16.9 Å². The molecule has 0 saturated heterocycles. The first kappa shape index (κ1) is 18.2. The number of carboxylic acid groups (broad SMARTS) is 1. The number of aromatic nitrogens is 3. The van der Waals surface area contributed by atoms with Crippen LogP contribution < -0.4 is 5.43 Å². The van der Waals surface area contributed by atoms with Gasteiger partial charge in [-0.3, -0.25) is 4.79 Å². The van der Waals surface area contributed by atoms with Crippen LogP contribution in [0.25, 0.3) is 27.8 Å². The van der Waals surface area contributed by atoms with Crippen LogP contribution in [0, 0.1) is 11.6 Å². The summed E-state index contributed by atoms with van der Waals surface area (Å²) in [7, 11) is 0. The van der Waals surface area contributed by atoms with Gasteiger partial charge in [0.15, 0.2) is 11.6 Å². The third kappa shape index (κ3) is 2.80. The first-order valence-corrected chi connectivity index (χ1v) is 9.35. The van der Waals surface area contributed by atoms with Gasteiger partial charge in [-0.05, 0) is 18.9 Å². The SMILES string of the molecule is O=C(O)c1cn(C2CC2)c2c(F)c(-n3cnc(-c4ccccc4)c3)c(F)cc2c1=O. The van der Waals surface area contributed by atoms with E-state index in [-0.39, 0.29) is 22.6 Å². The molecule has 5 rings (SSSR count). The van der Waals surface area contributed by atoms with Crippen LogP contribution in [-0.2, 0) is 0 Å². The monoisotopic (exact) mass is 407 g/mol. The second-order valence-electron chi connectivity index (χ2n) is 7.26. The van der Waals surface area contributed by atoms with Gasteiger partial charge in [0.1, 0.15) is 17.6 Å². The fourth-order valence-corrected chi connectivity index (χ4v) is 3.66. The second kappa shape index (κ2) is 6.62. The van der Waals surface area contributed by atoms with Crippen LogP contribution in [0.15, 0.2) is 59.9 Å². The summed E-state index contributed by atoms with van der Waals surface area (Å²) in [6.45, 7) is 0. The van der Waals surface area contributed by atoms with E-state index in [0.29, 0.717) is 5.69 Å². The number of hydrogen-bond donors (Lipinski definition) is 1. The molecule has 0 unspecified atom stereocenters. The number of fused-ring (bicyclic) bond motifs is 1. The Bertz CT molecular complexity index is 1370. The van der Waals surface area contributed by atoms with Gasteiger partial charge in [0, 0.05) is 24.0 Å². The molecule has 1 N–H and O–H groups in total. The van der Waals surface area contributed by atoms with Crippen LogP contribution in [0.5, 0.6) is 0 Å². The lowest BCUT2D eigenvalue weighted by atomic mass is 10.1. The first-order chi connectivity index (χ1) is 14.5. The highest BCUT2D eigenvalue weighted by Crippen LogP contribution is 2.38. The average Bonchev–Trinajstić information content (AvgIpc) is 3.46. The maximum Gasteiger partial charge on any atom is 0.341 e. The predicted molar refractivity (Wildman–Crippen MR) is 106 cm³/mol. The highest BCUT2D eigenvalue weighted by molar-refractivity contribution is 5.93. The fourth-order valence-electron chi connectivity index (χ4n) is 3.66.